The van der Waals surface area contributed by atoms with Crippen LogP contribution in [0.5, 0.6) is 0 Å². The Morgan fingerprint density at radius 2 is 1.84 bits per heavy atom. The van der Waals surface area contributed by atoms with E-state index in [0.717, 1.165) is 32.2 Å². The number of carbonyl (C=O) groups excluding carboxylic acids is 2. The Hall–Kier alpha value is -1.30. The second-order valence-corrected chi connectivity index (χ2v) is 8.11. The zero-order chi connectivity index (χ0) is 18.2. The van der Waals surface area contributed by atoms with Gasteiger partial charge in [0.15, 0.2) is 0 Å². The molecule has 6 nitrogen and oxygen atoms in total. The number of hydrogen-bond acceptors (Lipinski definition) is 3. The van der Waals surface area contributed by atoms with Gasteiger partial charge in [-0.3, -0.25) is 4.79 Å². The molecule has 0 radical (unpaired) electrons. The number of urea groups is 1. The molecule has 25 heavy (non-hydrogen) atoms. The van der Waals surface area contributed by atoms with E-state index in [9.17, 15) is 9.59 Å². The van der Waals surface area contributed by atoms with Gasteiger partial charge in [-0.2, -0.15) is 0 Å². The van der Waals surface area contributed by atoms with E-state index in [-0.39, 0.29) is 23.9 Å². The summed E-state index contributed by atoms with van der Waals surface area (Å²) in [5.41, 5.74) is 5.94. The molecule has 1 saturated carbocycles. The average molecular weight is 353 g/mol. The van der Waals surface area contributed by atoms with Crippen molar-refractivity contribution in [3.63, 3.8) is 0 Å². The third kappa shape index (κ3) is 6.17. The molecule has 4 N–H and O–H groups in total. The number of amides is 3. The molecule has 6 heteroatoms. The SMILES string of the molecule is CC(C)CNC(=O)N1CCCC(C(=O)NC(CN)C2CCCCC2)C1. The quantitative estimate of drug-likeness (QED) is 0.684. The average Bonchev–Trinajstić information content (AvgIpc) is 2.64. The number of carbonyl (C=O) groups is 2. The first-order valence-corrected chi connectivity index (χ1v) is 10.0. The predicted octanol–water partition coefficient (Wildman–Crippen LogP) is 2.09. The summed E-state index contributed by atoms with van der Waals surface area (Å²) < 4.78 is 0. The minimum Gasteiger partial charge on any atom is -0.352 e. The van der Waals surface area contributed by atoms with E-state index in [0.29, 0.717) is 31.5 Å². The van der Waals surface area contributed by atoms with Crippen LogP contribution in [0, 0.1) is 17.8 Å². The molecule has 0 aromatic rings. The first kappa shape index (κ1) is 20.0. The second kappa shape index (κ2) is 10.00. The van der Waals surface area contributed by atoms with E-state index >= 15 is 0 Å². The summed E-state index contributed by atoms with van der Waals surface area (Å²) in [7, 11) is 0. The Kier molecular flexibility index (Phi) is 8.00. The van der Waals surface area contributed by atoms with Gasteiger partial charge in [0.2, 0.25) is 5.91 Å². The van der Waals surface area contributed by atoms with Crippen molar-refractivity contribution in [2.75, 3.05) is 26.2 Å². The molecular formula is C19H36N4O2. The standard InChI is InChI=1S/C19H36N4O2/c1-14(2)12-21-19(25)23-10-6-9-16(13-23)18(24)22-17(11-20)15-7-4-3-5-8-15/h14-17H,3-13,20H2,1-2H3,(H,21,25)(H,22,24). The molecule has 1 heterocycles. The van der Waals surface area contributed by atoms with E-state index in [1.165, 1.54) is 19.3 Å². The highest BCUT2D eigenvalue weighted by molar-refractivity contribution is 5.81. The molecule has 1 saturated heterocycles. The smallest absolute Gasteiger partial charge is 0.317 e. The molecule has 2 fully saturated rings. The van der Waals surface area contributed by atoms with Crippen LogP contribution in [0.15, 0.2) is 0 Å². The summed E-state index contributed by atoms with van der Waals surface area (Å²) in [5, 5.41) is 6.14. The Labute approximate surface area is 152 Å². The highest BCUT2D eigenvalue weighted by Crippen LogP contribution is 2.26. The lowest BCUT2D eigenvalue weighted by molar-refractivity contribution is -0.127. The van der Waals surface area contributed by atoms with E-state index in [2.05, 4.69) is 24.5 Å². The number of nitrogens with one attached hydrogen (secondary N) is 2. The topological polar surface area (TPSA) is 87.5 Å². The molecule has 144 valence electrons. The van der Waals surface area contributed by atoms with Gasteiger partial charge in [-0.15, -0.1) is 0 Å². The normalized spacial score (nSPS) is 23.4. The Morgan fingerprint density at radius 1 is 1.12 bits per heavy atom. The van der Waals surface area contributed by atoms with E-state index < -0.39 is 0 Å². The Balaban J connectivity index is 1.84. The van der Waals surface area contributed by atoms with Crippen LogP contribution in [0.2, 0.25) is 0 Å². The molecule has 0 aromatic carbocycles. The van der Waals surface area contributed by atoms with Crippen LogP contribution < -0.4 is 16.4 Å². The van der Waals surface area contributed by atoms with Crippen LogP contribution in [0.1, 0.15) is 58.8 Å². The minimum absolute atomic E-state index is 0.0474. The maximum atomic E-state index is 12.7. The Bertz CT molecular complexity index is 435. The summed E-state index contributed by atoms with van der Waals surface area (Å²) >= 11 is 0. The number of rotatable bonds is 6. The molecule has 2 unspecified atom stereocenters. The Morgan fingerprint density at radius 3 is 2.48 bits per heavy atom. The lowest BCUT2D eigenvalue weighted by atomic mass is 9.83. The van der Waals surface area contributed by atoms with Gasteiger partial charge in [0.05, 0.1) is 5.92 Å². The van der Waals surface area contributed by atoms with Crippen LogP contribution in [0.4, 0.5) is 4.79 Å². The number of nitrogens with zero attached hydrogens (tertiary/aromatic N) is 1. The van der Waals surface area contributed by atoms with Gasteiger partial charge in [-0.05, 0) is 37.5 Å². The van der Waals surface area contributed by atoms with Gasteiger partial charge in [0, 0.05) is 32.2 Å². The molecule has 1 aliphatic carbocycles. The predicted molar refractivity (Wildman–Crippen MR) is 100 cm³/mol. The lowest BCUT2D eigenvalue weighted by Crippen LogP contribution is -2.53. The number of piperidine rings is 1. The van der Waals surface area contributed by atoms with Gasteiger partial charge < -0.3 is 21.3 Å². The van der Waals surface area contributed by atoms with E-state index in [1.807, 2.05) is 0 Å². The van der Waals surface area contributed by atoms with Crippen LogP contribution in [0.3, 0.4) is 0 Å². The molecule has 2 aliphatic rings. The van der Waals surface area contributed by atoms with E-state index in [1.54, 1.807) is 4.90 Å². The molecule has 1 aliphatic heterocycles. The lowest BCUT2D eigenvalue weighted by Gasteiger charge is -2.35. The third-order valence-corrected chi connectivity index (χ3v) is 5.54. The molecule has 2 rings (SSSR count). The van der Waals surface area contributed by atoms with Gasteiger partial charge in [-0.25, -0.2) is 4.79 Å². The van der Waals surface area contributed by atoms with Gasteiger partial charge in [0.25, 0.3) is 0 Å². The summed E-state index contributed by atoms with van der Waals surface area (Å²) in [5.74, 6) is 0.893. The summed E-state index contributed by atoms with van der Waals surface area (Å²) in [6.45, 7) is 6.56. The van der Waals surface area contributed by atoms with Crippen molar-refractivity contribution in [2.45, 2.75) is 64.8 Å². The van der Waals surface area contributed by atoms with Gasteiger partial charge >= 0.3 is 6.03 Å². The molecular weight excluding hydrogens is 316 g/mol. The molecule has 2 atom stereocenters. The summed E-state index contributed by atoms with van der Waals surface area (Å²) in [4.78, 5) is 26.8. The summed E-state index contributed by atoms with van der Waals surface area (Å²) in [6, 6.07) is 0.0341. The molecule has 3 amide bonds. The third-order valence-electron chi connectivity index (χ3n) is 5.54. The minimum atomic E-state index is -0.115. The molecule has 0 aromatic heterocycles. The maximum absolute atomic E-state index is 12.7. The van der Waals surface area contributed by atoms with Gasteiger partial charge in [0.1, 0.15) is 0 Å². The maximum Gasteiger partial charge on any atom is 0.317 e. The number of nitrogens with two attached hydrogens (primary N) is 1. The fourth-order valence-electron chi connectivity index (χ4n) is 3.99. The first-order valence-electron chi connectivity index (χ1n) is 10.0. The van der Waals surface area contributed by atoms with Gasteiger partial charge in [-0.1, -0.05) is 33.1 Å². The van der Waals surface area contributed by atoms with Crippen LogP contribution in [-0.4, -0.2) is 49.1 Å². The summed E-state index contributed by atoms with van der Waals surface area (Å²) in [6.07, 6.45) is 7.83. The van der Waals surface area contributed by atoms with E-state index in [4.69, 9.17) is 5.73 Å². The zero-order valence-corrected chi connectivity index (χ0v) is 15.9. The molecule has 0 bridgehead atoms. The first-order chi connectivity index (χ1) is 12.0. The van der Waals surface area contributed by atoms with Crippen LogP contribution >= 0.6 is 0 Å². The fraction of sp³-hybridized carbons (Fsp3) is 0.895. The highest BCUT2D eigenvalue weighted by Gasteiger charge is 2.31. The highest BCUT2D eigenvalue weighted by atomic mass is 16.2. The zero-order valence-electron chi connectivity index (χ0n) is 15.9. The van der Waals surface area contributed by atoms with Crippen molar-refractivity contribution >= 4 is 11.9 Å². The largest absolute Gasteiger partial charge is 0.352 e. The van der Waals surface area contributed by atoms with Crippen molar-refractivity contribution in [3.8, 4) is 0 Å². The van der Waals surface area contributed by atoms with Crippen LogP contribution in [-0.2, 0) is 4.79 Å². The number of hydrogen-bond donors (Lipinski definition) is 3. The van der Waals surface area contributed by atoms with Crippen LogP contribution in [0.25, 0.3) is 0 Å². The monoisotopic (exact) mass is 352 g/mol. The second-order valence-electron chi connectivity index (χ2n) is 8.11. The van der Waals surface area contributed by atoms with Crippen molar-refractivity contribution < 1.29 is 9.59 Å². The van der Waals surface area contributed by atoms with Crippen molar-refractivity contribution in [1.29, 1.82) is 0 Å². The van der Waals surface area contributed by atoms with Crippen molar-refractivity contribution in [2.24, 2.45) is 23.5 Å². The van der Waals surface area contributed by atoms with Crippen molar-refractivity contribution in [3.05, 3.63) is 0 Å². The molecule has 0 spiro atoms. The number of likely N-dealkylation sites (tertiary alicyclic amines) is 1. The fourth-order valence-corrected chi connectivity index (χ4v) is 3.99. The van der Waals surface area contributed by atoms with Crippen molar-refractivity contribution in [1.82, 2.24) is 15.5 Å².